The molecule has 1 amide bonds. The molecule has 3 atom stereocenters. The Bertz CT molecular complexity index is 756. The van der Waals surface area contributed by atoms with Gasteiger partial charge in [0.2, 0.25) is 5.91 Å². The Balaban J connectivity index is 0.00000240. The summed E-state index contributed by atoms with van der Waals surface area (Å²) >= 11 is 1.57. The number of nitrogens with zero attached hydrogens (tertiary/aromatic N) is 1. The average Bonchev–Trinajstić information content (AvgIpc) is 3.22. The van der Waals surface area contributed by atoms with E-state index in [0.717, 1.165) is 36.8 Å². The normalized spacial score (nSPS) is 27.0. The molecule has 0 aliphatic heterocycles. The second-order valence-corrected chi connectivity index (χ2v) is 9.25. The highest BCUT2D eigenvalue weighted by Gasteiger charge is 2.41. The minimum absolute atomic E-state index is 0. The van der Waals surface area contributed by atoms with Crippen LogP contribution in [0.25, 0.3) is 0 Å². The molecule has 6 heteroatoms. The van der Waals surface area contributed by atoms with Gasteiger partial charge in [0.25, 0.3) is 0 Å². The molecule has 2 aliphatic rings. The summed E-state index contributed by atoms with van der Waals surface area (Å²) in [6.07, 6.45) is 4.69. The van der Waals surface area contributed by atoms with Crippen molar-refractivity contribution in [2.45, 2.75) is 50.8 Å². The zero-order valence-corrected chi connectivity index (χ0v) is 18.3. The van der Waals surface area contributed by atoms with Crippen molar-refractivity contribution in [3.63, 3.8) is 0 Å². The van der Waals surface area contributed by atoms with Crippen LogP contribution in [0.15, 0.2) is 47.2 Å². The first kappa shape index (κ1) is 22.3. The fourth-order valence-electron chi connectivity index (χ4n) is 5.06. The monoisotopic (exact) mass is 434 g/mol. The summed E-state index contributed by atoms with van der Waals surface area (Å²) in [5.74, 6) is 1.17. The molecule has 0 spiro atoms. The quantitative estimate of drug-likeness (QED) is 0.708. The maximum atomic E-state index is 13.5. The highest BCUT2D eigenvalue weighted by atomic mass is 35.5. The van der Waals surface area contributed by atoms with Crippen LogP contribution in [0, 0.1) is 17.8 Å². The number of fused-ring (bicyclic) bond motifs is 2. The van der Waals surface area contributed by atoms with Crippen molar-refractivity contribution in [3.8, 4) is 0 Å². The fraction of sp³-hybridized carbons (Fsp3) is 0.522. The van der Waals surface area contributed by atoms with Crippen molar-refractivity contribution in [3.05, 3.63) is 58.3 Å². The number of halogens is 1. The van der Waals surface area contributed by atoms with Gasteiger partial charge in [-0.15, -0.1) is 12.4 Å². The SMILES string of the molecule is Cl.NC1C2CCCC1CC(C(=O)N(Cc1ccccc1)CC(O)c1ccsc1)C2. The summed E-state index contributed by atoms with van der Waals surface area (Å²) < 4.78 is 0. The van der Waals surface area contributed by atoms with E-state index in [0.29, 0.717) is 24.9 Å². The third-order valence-corrected chi connectivity index (χ3v) is 7.31. The number of rotatable bonds is 6. The van der Waals surface area contributed by atoms with Gasteiger partial charge in [-0.3, -0.25) is 4.79 Å². The van der Waals surface area contributed by atoms with Gasteiger partial charge in [0.05, 0.1) is 12.6 Å². The molecule has 158 valence electrons. The van der Waals surface area contributed by atoms with Crippen LogP contribution in [0.4, 0.5) is 0 Å². The van der Waals surface area contributed by atoms with E-state index in [2.05, 4.69) is 0 Å². The average molecular weight is 435 g/mol. The number of aliphatic hydroxyl groups is 1. The molecule has 0 radical (unpaired) electrons. The van der Waals surface area contributed by atoms with Gasteiger partial charge in [-0.2, -0.15) is 11.3 Å². The summed E-state index contributed by atoms with van der Waals surface area (Å²) in [5, 5.41) is 14.6. The second-order valence-electron chi connectivity index (χ2n) is 8.47. The molecule has 2 aromatic rings. The third-order valence-electron chi connectivity index (χ3n) is 6.61. The topological polar surface area (TPSA) is 66.6 Å². The number of carbonyl (C=O) groups excluding carboxylic acids is 1. The van der Waals surface area contributed by atoms with Crippen molar-refractivity contribution in [2.75, 3.05) is 6.54 Å². The molecule has 1 heterocycles. The Morgan fingerprint density at radius 1 is 1.17 bits per heavy atom. The van der Waals surface area contributed by atoms with Gasteiger partial charge in [-0.25, -0.2) is 0 Å². The Kier molecular flexibility index (Phi) is 7.74. The van der Waals surface area contributed by atoms with Crippen LogP contribution < -0.4 is 5.73 Å². The number of aliphatic hydroxyl groups excluding tert-OH is 1. The lowest BCUT2D eigenvalue weighted by molar-refractivity contribution is -0.140. The molecule has 1 aromatic carbocycles. The van der Waals surface area contributed by atoms with Crippen LogP contribution >= 0.6 is 23.7 Å². The van der Waals surface area contributed by atoms with E-state index in [4.69, 9.17) is 5.73 Å². The Hall–Kier alpha value is -1.40. The van der Waals surface area contributed by atoms with Gasteiger partial charge >= 0.3 is 0 Å². The van der Waals surface area contributed by atoms with E-state index in [1.165, 1.54) is 6.42 Å². The minimum Gasteiger partial charge on any atom is -0.387 e. The third kappa shape index (κ3) is 5.21. The molecule has 29 heavy (non-hydrogen) atoms. The Morgan fingerprint density at radius 2 is 1.86 bits per heavy atom. The van der Waals surface area contributed by atoms with E-state index < -0.39 is 6.10 Å². The van der Waals surface area contributed by atoms with E-state index in [9.17, 15) is 9.90 Å². The smallest absolute Gasteiger partial charge is 0.226 e. The predicted octanol–water partition coefficient (Wildman–Crippen LogP) is 4.39. The van der Waals surface area contributed by atoms with Crippen molar-refractivity contribution in [1.29, 1.82) is 0 Å². The Morgan fingerprint density at radius 3 is 2.48 bits per heavy atom. The maximum Gasteiger partial charge on any atom is 0.226 e. The van der Waals surface area contributed by atoms with Crippen LogP contribution in [0.1, 0.15) is 49.3 Å². The van der Waals surface area contributed by atoms with E-state index >= 15 is 0 Å². The molecule has 2 fully saturated rings. The lowest BCUT2D eigenvalue weighted by Gasteiger charge is -2.44. The summed E-state index contributed by atoms with van der Waals surface area (Å²) in [7, 11) is 0. The largest absolute Gasteiger partial charge is 0.387 e. The van der Waals surface area contributed by atoms with Gasteiger partial charge in [0.15, 0.2) is 0 Å². The first-order valence-electron chi connectivity index (χ1n) is 10.4. The zero-order valence-electron chi connectivity index (χ0n) is 16.7. The Labute approximate surface area is 183 Å². The molecule has 1 aromatic heterocycles. The summed E-state index contributed by atoms with van der Waals surface area (Å²) in [6.45, 7) is 0.876. The highest BCUT2D eigenvalue weighted by molar-refractivity contribution is 7.07. The number of carbonyl (C=O) groups is 1. The molecule has 2 saturated carbocycles. The van der Waals surface area contributed by atoms with Crippen molar-refractivity contribution in [2.24, 2.45) is 23.5 Å². The van der Waals surface area contributed by atoms with Gasteiger partial charge in [-0.05, 0) is 65.5 Å². The number of thiophene rings is 1. The van der Waals surface area contributed by atoms with Crippen molar-refractivity contribution >= 4 is 29.7 Å². The lowest BCUT2D eigenvalue weighted by Crippen LogP contribution is -2.50. The van der Waals surface area contributed by atoms with E-state index in [1.54, 1.807) is 11.3 Å². The predicted molar refractivity (Wildman–Crippen MR) is 120 cm³/mol. The van der Waals surface area contributed by atoms with Crippen LogP contribution in [0.5, 0.6) is 0 Å². The van der Waals surface area contributed by atoms with Crippen LogP contribution in [0.3, 0.4) is 0 Å². The number of hydrogen-bond donors (Lipinski definition) is 2. The van der Waals surface area contributed by atoms with Crippen molar-refractivity contribution < 1.29 is 9.90 Å². The van der Waals surface area contributed by atoms with Gasteiger partial charge < -0.3 is 15.7 Å². The number of hydrogen-bond acceptors (Lipinski definition) is 4. The molecular weight excluding hydrogens is 404 g/mol. The van der Waals surface area contributed by atoms with E-state index in [1.807, 2.05) is 52.1 Å². The van der Waals surface area contributed by atoms with Crippen molar-refractivity contribution in [1.82, 2.24) is 4.90 Å². The molecule has 3 unspecified atom stereocenters. The zero-order chi connectivity index (χ0) is 19.5. The maximum absolute atomic E-state index is 13.5. The first-order chi connectivity index (χ1) is 13.6. The number of nitrogens with two attached hydrogens (primary N) is 1. The molecule has 4 nitrogen and oxygen atoms in total. The first-order valence-corrected chi connectivity index (χ1v) is 11.3. The number of benzene rings is 1. The summed E-state index contributed by atoms with van der Waals surface area (Å²) in [6, 6.07) is 12.3. The molecule has 3 N–H and O–H groups in total. The van der Waals surface area contributed by atoms with Gasteiger partial charge in [-0.1, -0.05) is 36.8 Å². The molecule has 4 rings (SSSR count). The number of amides is 1. The molecule has 0 saturated heterocycles. The molecule has 2 aliphatic carbocycles. The van der Waals surface area contributed by atoms with Gasteiger partial charge in [0.1, 0.15) is 0 Å². The fourth-order valence-corrected chi connectivity index (χ4v) is 5.77. The van der Waals surface area contributed by atoms with Gasteiger partial charge in [0, 0.05) is 18.5 Å². The highest BCUT2D eigenvalue weighted by Crippen LogP contribution is 2.42. The summed E-state index contributed by atoms with van der Waals surface area (Å²) in [4.78, 5) is 15.4. The standard InChI is InChI=1S/C23H30N2O2S.ClH/c24-22-17-7-4-8-18(22)12-20(11-17)23(27)25(13-16-5-2-1-3-6-16)14-21(26)19-9-10-28-15-19;/h1-3,5-6,9-10,15,17-18,20-22,26H,4,7-8,11-14,24H2;1H. The summed E-state index contributed by atoms with van der Waals surface area (Å²) in [5.41, 5.74) is 8.41. The molecular formula is C23H31ClN2O2S. The van der Waals surface area contributed by atoms with Crippen LogP contribution in [0.2, 0.25) is 0 Å². The molecule has 2 bridgehead atoms. The second kappa shape index (κ2) is 10.1. The lowest BCUT2D eigenvalue weighted by atomic mass is 9.65. The van der Waals surface area contributed by atoms with Crippen LogP contribution in [-0.4, -0.2) is 28.5 Å². The van der Waals surface area contributed by atoms with Crippen LogP contribution in [-0.2, 0) is 11.3 Å². The van der Waals surface area contributed by atoms with E-state index in [-0.39, 0.29) is 30.3 Å². The minimum atomic E-state index is -0.649.